The minimum Gasteiger partial charge on any atom is -0.327 e. The largest absolute Gasteiger partial charge is 0.327 e. The van der Waals surface area contributed by atoms with Gasteiger partial charge in [0.2, 0.25) is 0 Å². The van der Waals surface area contributed by atoms with Gasteiger partial charge in [0.1, 0.15) is 0 Å². The van der Waals surface area contributed by atoms with Crippen LogP contribution in [-0.4, -0.2) is 21.3 Å². The molecule has 1 aromatic rings. The fraction of sp³-hybridized carbons (Fsp3) is 0.714. The van der Waals surface area contributed by atoms with E-state index in [1.807, 2.05) is 0 Å². The second kappa shape index (κ2) is 7.10. The zero-order valence-corrected chi connectivity index (χ0v) is 12.3. The van der Waals surface area contributed by atoms with Crippen molar-refractivity contribution in [3.63, 3.8) is 0 Å². The first-order chi connectivity index (χ1) is 9.19. The SMILES string of the molecule is CCCc1cc(=O)[nH]c(SC2CCCCCC2N)n1. The molecule has 0 saturated heterocycles. The summed E-state index contributed by atoms with van der Waals surface area (Å²) in [6.07, 6.45) is 7.77. The van der Waals surface area contributed by atoms with Crippen molar-refractivity contribution in [2.24, 2.45) is 5.73 Å². The Balaban J connectivity index is 2.10. The number of aromatic amines is 1. The molecule has 0 spiro atoms. The molecule has 5 heteroatoms. The third kappa shape index (κ3) is 4.35. The number of H-pyrrole nitrogens is 1. The molecule has 106 valence electrons. The average Bonchev–Trinajstić information content (AvgIpc) is 2.55. The van der Waals surface area contributed by atoms with Crippen LogP contribution < -0.4 is 11.3 Å². The van der Waals surface area contributed by atoms with Gasteiger partial charge in [-0.2, -0.15) is 0 Å². The van der Waals surface area contributed by atoms with Gasteiger partial charge in [-0.25, -0.2) is 4.98 Å². The van der Waals surface area contributed by atoms with Gasteiger partial charge < -0.3 is 10.7 Å². The normalized spacial score (nSPS) is 24.1. The molecule has 19 heavy (non-hydrogen) atoms. The maximum atomic E-state index is 11.6. The van der Waals surface area contributed by atoms with Crippen molar-refractivity contribution in [3.8, 4) is 0 Å². The summed E-state index contributed by atoms with van der Waals surface area (Å²) in [6.45, 7) is 2.09. The van der Waals surface area contributed by atoms with E-state index in [-0.39, 0.29) is 11.6 Å². The predicted molar refractivity (Wildman–Crippen MR) is 79.6 cm³/mol. The highest BCUT2D eigenvalue weighted by Crippen LogP contribution is 2.30. The predicted octanol–water partition coefficient (Wildman–Crippen LogP) is 2.47. The van der Waals surface area contributed by atoms with E-state index in [1.165, 1.54) is 19.3 Å². The van der Waals surface area contributed by atoms with E-state index in [2.05, 4.69) is 16.9 Å². The average molecular weight is 281 g/mol. The molecule has 0 radical (unpaired) electrons. The van der Waals surface area contributed by atoms with Gasteiger partial charge in [-0.1, -0.05) is 44.4 Å². The third-order valence-electron chi connectivity index (χ3n) is 3.55. The molecule has 2 unspecified atom stereocenters. The highest BCUT2D eigenvalue weighted by Gasteiger charge is 2.22. The lowest BCUT2D eigenvalue weighted by atomic mass is 10.1. The Kier molecular flexibility index (Phi) is 5.45. The first-order valence-electron chi connectivity index (χ1n) is 7.21. The van der Waals surface area contributed by atoms with E-state index >= 15 is 0 Å². The summed E-state index contributed by atoms with van der Waals surface area (Å²) >= 11 is 1.65. The summed E-state index contributed by atoms with van der Waals surface area (Å²) in [7, 11) is 0. The van der Waals surface area contributed by atoms with E-state index in [9.17, 15) is 4.79 Å². The minimum absolute atomic E-state index is 0.0526. The number of nitrogens with two attached hydrogens (primary N) is 1. The fourth-order valence-electron chi connectivity index (χ4n) is 2.52. The highest BCUT2D eigenvalue weighted by atomic mass is 32.2. The van der Waals surface area contributed by atoms with Crippen LogP contribution in [0.1, 0.15) is 51.1 Å². The lowest BCUT2D eigenvalue weighted by molar-refractivity contribution is 0.594. The van der Waals surface area contributed by atoms with E-state index in [4.69, 9.17) is 5.73 Å². The van der Waals surface area contributed by atoms with Crippen molar-refractivity contribution in [1.29, 1.82) is 0 Å². The number of nitrogens with one attached hydrogen (secondary N) is 1. The number of aryl methyl sites for hydroxylation is 1. The van der Waals surface area contributed by atoms with Gasteiger partial charge in [0.05, 0.1) is 0 Å². The smallest absolute Gasteiger partial charge is 0.251 e. The molecule has 1 saturated carbocycles. The minimum atomic E-state index is -0.0526. The summed E-state index contributed by atoms with van der Waals surface area (Å²) < 4.78 is 0. The van der Waals surface area contributed by atoms with Crippen LogP contribution in [0.2, 0.25) is 0 Å². The highest BCUT2D eigenvalue weighted by molar-refractivity contribution is 7.99. The first-order valence-corrected chi connectivity index (χ1v) is 8.09. The molecule has 1 aromatic heterocycles. The number of hydrogen-bond donors (Lipinski definition) is 2. The number of aromatic nitrogens is 2. The van der Waals surface area contributed by atoms with Crippen LogP contribution in [0.5, 0.6) is 0 Å². The van der Waals surface area contributed by atoms with Crippen molar-refractivity contribution in [1.82, 2.24) is 9.97 Å². The van der Waals surface area contributed by atoms with Gasteiger partial charge >= 0.3 is 0 Å². The van der Waals surface area contributed by atoms with Gasteiger partial charge in [0, 0.05) is 23.1 Å². The molecule has 0 bridgehead atoms. The first kappa shape index (κ1) is 14.6. The standard InChI is InChI=1S/C14H23N3OS/c1-2-6-10-9-13(18)17-14(16-10)19-12-8-5-3-4-7-11(12)15/h9,11-12H,2-8,15H2,1H3,(H,16,17,18). The molecule has 4 nitrogen and oxygen atoms in total. The molecule has 2 atom stereocenters. The van der Waals surface area contributed by atoms with Crippen LogP contribution in [0, 0.1) is 0 Å². The van der Waals surface area contributed by atoms with Gasteiger partial charge in [-0.3, -0.25) is 4.79 Å². The molecule has 1 heterocycles. The summed E-state index contributed by atoms with van der Waals surface area (Å²) in [4.78, 5) is 19.0. The van der Waals surface area contributed by atoms with Gasteiger partial charge in [-0.05, 0) is 19.3 Å². The van der Waals surface area contributed by atoms with Gasteiger partial charge in [-0.15, -0.1) is 0 Å². The molecular weight excluding hydrogens is 258 g/mol. The summed E-state index contributed by atoms with van der Waals surface area (Å²) in [5.74, 6) is 0. The van der Waals surface area contributed by atoms with E-state index in [0.29, 0.717) is 5.25 Å². The van der Waals surface area contributed by atoms with Crippen LogP contribution in [0.4, 0.5) is 0 Å². The molecule has 0 amide bonds. The van der Waals surface area contributed by atoms with E-state index < -0.39 is 0 Å². The molecule has 0 aliphatic heterocycles. The van der Waals surface area contributed by atoms with Gasteiger partial charge in [0.25, 0.3) is 5.56 Å². The summed E-state index contributed by atoms with van der Waals surface area (Å²) in [5.41, 5.74) is 7.05. The zero-order chi connectivity index (χ0) is 13.7. The Morgan fingerprint density at radius 3 is 3.00 bits per heavy atom. The molecule has 0 aromatic carbocycles. The summed E-state index contributed by atoms with van der Waals surface area (Å²) in [6, 6.07) is 1.81. The molecule has 2 rings (SSSR count). The third-order valence-corrected chi connectivity index (χ3v) is 4.85. The van der Waals surface area contributed by atoms with Crippen molar-refractivity contribution in [2.45, 2.75) is 68.3 Å². The Bertz CT molecular complexity index is 460. The maximum absolute atomic E-state index is 11.6. The monoisotopic (exact) mass is 281 g/mol. The topological polar surface area (TPSA) is 71.8 Å². The van der Waals surface area contributed by atoms with Crippen molar-refractivity contribution >= 4 is 11.8 Å². The molecule has 3 N–H and O–H groups in total. The van der Waals surface area contributed by atoms with Crippen molar-refractivity contribution in [3.05, 3.63) is 22.1 Å². The lowest BCUT2D eigenvalue weighted by Crippen LogP contribution is -2.31. The number of nitrogens with zero attached hydrogens (tertiary/aromatic N) is 1. The fourth-order valence-corrected chi connectivity index (χ4v) is 3.73. The Morgan fingerprint density at radius 1 is 1.42 bits per heavy atom. The van der Waals surface area contributed by atoms with Crippen LogP contribution in [0.3, 0.4) is 0 Å². The van der Waals surface area contributed by atoms with Crippen molar-refractivity contribution < 1.29 is 0 Å². The van der Waals surface area contributed by atoms with Gasteiger partial charge in [0.15, 0.2) is 5.16 Å². The number of rotatable bonds is 4. The lowest BCUT2D eigenvalue weighted by Gasteiger charge is -2.20. The Labute approximate surface area is 118 Å². The molecule has 1 aliphatic rings. The second-order valence-corrected chi connectivity index (χ2v) is 6.48. The number of hydrogen-bond acceptors (Lipinski definition) is 4. The summed E-state index contributed by atoms with van der Waals surface area (Å²) in [5, 5.41) is 1.11. The Morgan fingerprint density at radius 2 is 2.21 bits per heavy atom. The van der Waals surface area contributed by atoms with Crippen LogP contribution in [0.15, 0.2) is 16.0 Å². The van der Waals surface area contributed by atoms with Crippen LogP contribution >= 0.6 is 11.8 Å². The van der Waals surface area contributed by atoms with E-state index in [0.717, 1.165) is 36.5 Å². The quantitative estimate of drug-likeness (QED) is 0.657. The van der Waals surface area contributed by atoms with Crippen LogP contribution in [-0.2, 0) is 6.42 Å². The maximum Gasteiger partial charge on any atom is 0.251 e. The molecule has 1 aliphatic carbocycles. The van der Waals surface area contributed by atoms with E-state index in [1.54, 1.807) is 17.8 Å². The van der Waals surface area contributed by atoms with Crippen molar-refractivity contribution in [2.75, 3.05) is 0 Å². The second-order valence-electron chi connectivity index (χ2n) is 5.25. The number of thioether (sulfide) groups is 1. The zero-order valence-electron chi connectivity index (χ0n) is 11.5. The Hall–Kier alpha value is -0.810. The molecule has 1 fully saturated rings. The molecular formula is C14H23N3OS. The van der Waals surface area contributed by atoms with Crippen LogP contribution in [0.25, 0.3) is 0 Å².